The van der Waals surface area contributed by atoms with Crippen LogP contribution in [0.4, 0.5) is 5.69 Å². The van der Waals surface area contributed by atoms with Crippen LogP contribution < -0.4 is 14.9 Å². The Bertz CT molecular complexity index is 674. The Hall–Kier alpha value is -1.48. The van der Waals surface area contributed by atoms with Crippen molar-refractivity contribution >= 4 is 47.1 Å². The fourth-order valence-corrected chi connectivity index (χ4v) is 2.84. The number of fused-ring (bicyclic) bond motifs is 3. The maximum absolute atomic E-state index is 6.16. The van der Waals surface area contributed by atoms with Gasteiger partial charge in [0.1, 0.15) is 0 Å². The number of para-hydroxylation sites is 1. The third kappa shape index (κ3) is 2.98. The number of H-pyrrole nitrogens is 1. The molecule has 5 N–H and O–H groups in total. The van der Waals surface area contributed by atoms with E-state index in [0.29, 0.717) is 0 Å². The number of aromatic amines is 1. The number of hydrogen-bond donors (Lipinski definition) is 3. The van der Waals surface area contributed by atoms with Gasteiger partial charge in [-0.15, -0.1) is 0 Å². The molecule has 0 saturated heterocycles. The third-order valence-corrected chi connectivity index (χ3v) is 4.08. The number of hydrogen-bond acceptors (Lipinski definition) is 2. The molecule has 0 bridgehead atoms. The minimum atomic E-state index is -0.0589. The van der Waals surface area contributed by atoms with E-state index in [-0.39, 0.29) is 15.2 Å². The zero-order valence-electron chi connectivity index (χ0n) is 12.5. The molecule has 1 aromatic heterocycles. The van der Waals surface area contributed by atoms with Crippen molar-refractivity contribution in [1.82, 2.24) is 4.98 Å². The van der Waals surface area contributed by atoms with Crippen molar-refractivity contribution in [3.8, 4) is 0 Å². The molecule has 0 spiro atoms. The summed E-state index contributed by atoms with van der Waals surface area (Å²) in [6, 6.07) is 12.2. The van der Waals surface area contributed by atoms with Gasteiger partial charge in [0.05, 0.1) is 0 Å². The molecule has 3 nitrogen and oxygen atoms in total. The first kappa shape index (κ1) is 16.6. The van der Waals surface area contributed by atoms with Gasteiger partial charge in [0.15, 0.2) is 0 Å². The van der Waals surface area contributed by atoms with Crippen molar-refractivity contribution in [3.05, 3.63) is 36.4 Å². The summed E-state index contributed by atoms with van der Waals surface area (Å²) >= 11 is -0.0589. The molecule has 0 fully saturated rings. The van der Waals surface area contributed by atoms with Crippen molar-refractivity contribution in [2.24, 2.45) is 4.75 Å². The Kier molecular flexibility index (Phi) is 6.59. The summed E-state index contributed by atoms with van der Waals surface area (Å²) < 4.78 is 6.79. The molecular weight excluding hydrogens is 313 g/mol. The maximum atomic E-state index is 6.16. The molecule has 0 saturated carbocycles. The SMILES string of the molecule is CC.CC.N[Se]c1ccc2[nH]c3ccccc3c2c1N. The standard InChI is InChI=1S/C12H11N3Se.2C2H6/c13-12-10(16-14)6-5-9-11(12)7-3-1-2-4-8(7)15-9;2*1-2/h1-6,15H,13-14H2;2*1-2H3. The fourth-order valence-electron chi connectivity index (χ4n) is 2.05. The van der Waals surface area contributed by atoms with Crippen LogP contribution in [-0.2, 0) is 0 Å². The topological polar surface area (TPSA) is 67.8 Å². The van der Waals surface area contributed by atoms with Crippen molar-refractivity contribution < 1.29 is 0 Å². The molecule has 0 aliphatic heterocycles. The van der Waals surface area contributed by atoms with E-state index < -0.39 is 0 Å². The molecule has 20 heavy (non-hydrogen) atoms. The van der Waals surface area contributed by atoms with Gasteiger partial charge >= 0.3 is 99.0 Å². The molecule has 0 radical (unpaired) electrons. The van der Waals surface area contributed by atoms with Gasteiger partial charge in [-0.25, -0.2) is 0 Å². The van der Waals surface area contributed by atoms with E-state index in [2.05, 4.69) is 23.2 Å². The van der Waals surface area contributed by atoms with Crippen LogP contribution in [0.15, 0.2) is 36.4 Å². The second-order valence-corrected chi connectivity index (χ2v) is 5.11. The average molecular weight is 336 g/mol. The summed E-state index contributed by atoms with van der Waals surface area (Å²) in [6.45, 7) is 8.00. The van der Waals surface area contributed by atoms with Crippen LogP contribution in [0.5, 0.6) is 0 Å². The van der Waals surface area contributed by atoms with Gasteiger partial charge in [-0.2, -0.15) is 0 Å². The van der Waals surface area contributed by atoms with E-state index in [1.807, 2.05) is 45.9 Å². The van der Waals surface area contributed by atoms with E-state index in [9.17, 15) is 0 Å². The van der Waals surface area contributed by atoms with Crippen LogP contribution in [0.1, 0.15) is 27.7 Å². The molecule has 3 aromatic rings. The van der Waals surface area contributed by atoms with Crippen LogP contribution in [0.2, 0.25) is 0 Å². The summed E-state index contributed by atoms with van der Waals surface area (Å²) in [7, 11) is 0. The number of aromatic nitrogens is 1. The average Bonchev–Trinajstić information content (AvgIpc) is 2.91. The summed E-state index contributed by atoms with van der Waals surface area (Å²) in [5.41, 5.74) is 9.16. The normalized spacial score (nSPS) is 9.65. The van der Waals surface area contributed by atoms with Crippen molar-refractivity contribution in [2.75, 3.05) is 5.73 Å². The molecule has 1 heterocycles. The molecule has 0 atom stereocenters. The predicted molar refractivity (Wildman–Crippen MR) is 92.5 cm³/mol. The Morgan fingerprint density at radius 2 is 1.55 bits per heavy atom. The first-order valence-electron chi connectivity index (χ1n) is 6.97. The van der Waals surface area contributed by atoms with Crippen molar-refractivity contribution in [1.29, 1.82) is 0 Å². The zero-order chi connectivity index (χ0) is 15.1. The second kappa shape index (κ2) is 7.95. The summed E-state index contributed by atoms with van der Waals surface area (Å²) in [4.78, 5) is 3.36. The van der Waals surface area contributed by atoms with E-state index >= 15 is 0 Å². The van der Waals surface area contributed by atoms with E-state index in [0.717, 1.165) is 26.6 Å². The van der Waals surface area contributed by atoms with Gasteiger partial charge in [-0.3, -0.25) is 0 Å². The first-order chi connectivity index (χ1) is 9.81. The van der Waals surface area contributed by atoms with Gasteiger partial charge in [-0.05, 0) is 0 Å². The Morgan fingerprint density at radius 3 is 2.20 bits per heavy atom. The Labute approximate surface area is 127 Å². The second-order valence-electron chi connectivity index (χ2n) is 3.69. The van der Waals surface area contributed by atoms with Gasteiger partial charge < -0.3 is 0 Å². The van der Waals surface area contributed by atoms with Gasteiger partial charge in [0, 0.05) is 0 Å². The van der Waals surface area contributed by atoms with Crippen LogP contribution >= 0.6 is 0 Å². The summed E-state index contributed by atoms with van der Waals surface area (Å²) in [5.74, 6) is 0. The molecule has 2 aromatic carbocycles. The third-order valence-electron chi connectivity index (χ3n) is 2.80. The number of benzene rings is 2. The molecule has 0 aliphatic carbocycles. The summed E-state index contributed by atoms with van der Waals surface area (Å²) in [5, 5.41) is 2.27. The molecule has 108 valence electrons. The van der Waals surface area contributed by atoms with Crippen LogP contribution in [-0.4, -0.2) is 20.2 Å². The number of anilines is 1. The number of rotatable bonds is 1. The number of nitrogens with one attached hydrogen (secondary N) is 1. The molecule has 4 heteroatoms. The van der Waals surface area contributed by atoms with Crippen LogP contribution in [0.25, 0.3) is 21.8 Å². The van der Waals surface area contributed by atoms with E-state index in [4.69, 9.17) is 10.5 Å². The molecule has 0 unspecified atom stereocenters. The fraction of sp³-hybridized carbons (Fsp3) is 0.250. The zero-order valence-corrected chi connectivity index (χ0v) is 14.2. The van der Waals surface area contributed by atoms with Gasteiger partial charge in [0.25, 0.3) is 0 Å². The Morgan fingerprint density at radius 1 is 0.900 bits per heavy atom. The minimum absolute atomic E-state index is 0.0589. The first-order valence-corrected chi connectivity index (χ1v) is 8.81. The van der Waals surface area contributed by atoms with Gasteiger partial charge in [0.2, 0.25) is 0 Å². The predicted octanol–water partition coefficient (Wildman–Crippen LogP) is 3.16. The monoisotopic (exact) mass is 337 g/mol. The molecule has 3 rings (SSSR count). The van der Waals surface area contributed by atoms with Crippen molar-refractivity contribution in [3.63, 3.8) is 0 Å². The summed E-state index contributed by atoms with van der Waals surface area (Å²) in [6.07, 6.45) is 0. The van der Waals surface area contributed by atoms with E-state index in [1.54, 1.807) is 0 Å². The van der Waals surface area contributed by atoms with Crippen LogP contribution in [0, 0.1) is 0 Å². The van der Waals surface area contributed by atoms with E-state index in [1.165, 1.54) is 5.39 Å². The van der Waals surface area contributed by atoms with Gasteiger partial charge in [-0.1, -0.05) is 27.7 Å². The quantitative estimate of drug-likeness (QED) is 0.472. The molecular formula is C16H23N3Se. The number of nitrogens with two attached hydrogens (primary N) is 2. The molecule has 0 amide bonds. The van der Waals surface area contributed by atoms with Crippen molar-refractivity contribution in [2.45, 2.75) is 27.7 Å². The Balaban J connectivity index is 0.000000461. The van der Waals surface area contributed by atoms with Crippen LogP contribution in [0.3, 0.4) is 0 Å². The molecule has 0 aliphatic rings. The number of nitrogen functional groups attached to an aromatic ring is 1.